The highest BCUT2D eigenvalue weighted by atomic mass is 16.5. The molecule has 22 heavy (non-hydrogen) atoms. The summed E-state index contributed by atoms with van der Waals surface area (Å²) >= 11 is 0. The van der Waals surface area contributed by atoms with Crippen LogP contribution in [0.4, 0.5) is 5.69 Å². The van der Waals surface area contributed by atoms with Crippen molar-refractivity contribution in [1.82, 2.24) is 4.98 Å². The fourth-order valence-electron chi connectivity index (χ4n) is 3.42. The van der Waals surface area contributed by atoms with E-state index in [4.69, 9.17) is 9.72 Å². The van der Waals surface area contributed by atoms with Gasteiger partial charge >= 0.3 is 0 Å². The van der Waals surface area contributed by atoms with E-state index in [1.165, 1.54) is 36.2 Å². The predicted octanol–water partition coefficient (Wildman–Crippen LogP) is 3.05. The van der Waals surface area contributed by atoms with E-state index in [-0.39, 0.29) is 6.61 Å². The Balaban J connectivity index is 1.87. The number of hydrogen-bond acceptors (Lipinski definition) is 4. The van der Waals surface area contributed by atoms with Crippen molar-refractivity contribution in [1.29, 1.82) is 0 Å². The second kappa shape index (κ2) is 5.43. The van der Waals surface area contributed by atoms with Gasteiger partial charge in [-0.3, -0.25) is 4.98 Å². The van der Waals surface area contributed by atoms with E-state index in [2.05, 4.69) is 5.32 Å². The zero-order chi connectivity index (χ0) is 15.1. The van der Waals surface area contributed by atoms with Crippen LogP contribution in [0.2, 0.25) is 0 Å². The van der Waals surface area contributed by atoms with Gasteiger partial charge in [0.25, 0.3) is 0 Å². The smallest absolute Gasteiger partial charge is 0.125 e. The first-order chi connectivity index (χ1) is 10.8. The van der Waals surface area contributed by atoms with Crippen LogP contribution in [0.3, 0.4) is 0 Å². The quantitative estimate of drug-likeness (QED) is 0.891. The number of pyridine rings is 1. The molecule has 2 aromatic rings. The van der Waals surface area contributed by atoms with Gasteiger partial charge in [0.1, 0.15) is 5.75 Å². The number of rotatable bonds is 5. The van der Waals surface area contributed by atoms with Crippen LogP contribution in [-0.2, 0) is 19.4 Å². The van der Waals surface area contributed by atoms with Gasteiger partial charge in [-0.1, -0.05) is 0 Å². The first-order valence-corrected chi connectivity index (χ1v) is 8.17. The van der Waals surface area contributed by atoms with Gasteiger partial charge in [0.05, 0.1) is 19.2 Å². The normalized spacial score (nSPS) is 16.8. The van der Waals surface area contributed by atoms with E-state index in [1.807, 2.05) is 12.1 Å². The lowest BCUT2D eigenvalue weighted by atomic mass is 10.0. The van der Waals surface area contributed by atoms with Crippen molar-refractivity contribution in [3.63, 3.8) is 0 Å². The maximum absolute atomic E-state index is 9.53. The summed E-state index contributed by atoms with van der Waals surface area (Å²) in [6.45, 7) is 1.03. The third-order valence-corrected chi connectivity index (χ3v) is 4.85. The van der Waals surface area contributed by atoms with Crippen LogP contribution in [0, 0.1) is 5.92 Å². The Hall–Kier alpha value is -1.81. The molecule has 2 aliphatic carbocycles. The molecule has 0 bridgehead atoms. The summed E-state index contributed by atoms with van der Waals surface area (Å²) in [5.41, 5.74) is 5.61. The molecule has 0 unspecified atom stereocenters. The molecule has 1 aromatic heterocycles. The summed E-state index contributed by atoms with van der Waals surface area (Å²) in [6.07, 6.45) is 6.03. The van der Waals surface area contributed by atoms with Crippen molar-refractivity contribution in [2.75, 3.05) is 19.0 Å². The number of aliphatic hydroxyl groups excluding tert-OH is 1. The van der Waals surface area contributed by atoms with Gasteiger partial charge in [-0.05, 0) is 55.7 Å². The van der Waals surface area contributed by atoms with Gasteiger partial charge in [-0.2, -0.15) is 0 Å². The van der Waals surface area contributed by atoms with Crippen LogP contribution in [0.1, 0.15) is 36.1 Å². The molecule has 1 heterocycles. The lowest BCUT2D eigenvalue weighted by molar-refractivity contribution is 0.274. The van der Waals surface area contributed by atoms with Gasteiger partial charge < -0.3 is 15.2 Å². The standard InChI is InChI=1S/C18H22N2O2/c1-22-17-8-14-16(7-12(17)10-21)20-15-4-2-3-13(15)18(14)19-9-11-5-6-11/h7-8,11,21H,2-6,9-10H2,1H3,(H,19,20). The molecule has 0 radical (unpaired) electrons. The molecule has 1 saturated carbocycles. The van der Waals surface area contributed by atoms with Crippen LogP contribution in [-0.4, -0.2) is 23.7 Å². The number of methoxy groups -OCH3 is 1. The molecule has 1 aromatic carbocycles. The van der Waals surface area contributed by atoms with Gasteiger partial charge in [-0.25, -0.2) is 0 Å². The maximum atomic E-state index is 9.53. The molecule has 1 fully saturated rings. The lowest BCUT2D eigenvalue weighted by Gasteiger charge is -2.16. The highest BCUT2D eigenvalue weighted by Gasteiger charge is 2.24. The van der Waals surface area contributed by atoms with Gasteiger partial charge in [-0.15, -0.1) is 0 Å². The van der Waals surface area contributed by atoms with Gasteiger partial charge in [0.15, 0.2) is 0 Å². The summed E-state index contributed by atoms with van der Waals surface area (Å²) in [5.74, 6) is 1.57. The molecule has 4 rings (SSSR count). The van der Waals surface area contributed by atoms with E-state index < -0.39 is 0 Å². The van der Waals surface area contributed by atoms with Crippen molar-refractivity contribution >= 4 is 16.6 Å². The number of benzene rings is 1. The molecule has 2 aliphatic rings. The topological polar surface area (TPSA) is 54.4 Å². The average Bonchev–Trinajstić information content (AvgIpc) is 3.26. The SMILES string of the molecule is COc1cc2c(NCC3CC3)c3c(nc2cc1CO)CCC3. The van der Waals surface area contributed by atoms with E-state index >= 15 is 0 Å². The summed E-state index contributed by atoms with van der Waals surface area (Å²) in [4.78, 5) is 4.84. The highest BCUT2D eigenvalue weighted by molar-refractivity contribution is 5.95. The molecule has 0 spiro atoms. The fraction of sp³-hybridized carbons (Fsp3) is 0.500. The van der Waals surface area contributed by atoms with Crippen molar-refractivity contribution in [3.05, 3.63) is 29.0 Å². The first kappa shape index (κ1) is 13.8. The molecule has 4 heteroatoms. The van der Waals surface area contributed by atoms with E-state index in [1.54, 1.807) is 7.11 Å². The number of aryl methyl sites for hydroxylation is 1. The number of hydrogen-bond donors (Lipinski definition) is 2. The second-order valence-corrected chi connectivity index (χ2v) is 6.43. The zero-order valence-electron chi connectivity index (χ0n) is 13.0. The molecule has 0 amide bonds. The molecule has 0 saturated heterocycles. The summed E-state index contributed by atoms with van der Waals surface area (Å²) < 4.78 is 5.44. The van der Waals surface area contributed by atoms with Crippen molar-refractivity contribution in [2.45, 2.75) is 38.7 Å². The second-order valence-electron chi connectivity index (χ2n) is 6.43. The minimum absolute atomic E-state index is 0.0251. The van der Waals surface area contributed by atoms with Crippen molar-refractivity contribution < 1.29 is 9.84 Å². The number of nitrogens with zero attached hydrogens (tertiary/aromatic N) is 1. The van der Waals surface area contributed by atoms with Crippen LogP contribution in [0.25, 0.3) is 10.9 Å². The number of nitrogens with one attached hydrogen (secondary N) is 1. The van der Waals surface area contributed by atoms with Crippen LogP contribution < -0.4 is 10.1 Å². The highest BCUT2D eigenvalue weighted by Crippen LogP contribution is 2.38. The monoisotopic (exact) mass is 298 g/mol. The molecule has 0 aliphatic heterocycles. The molecule has 4 nitrogen and oxygen atoms in total. The minimum atomic E-state index is -0.0251. The average molecular weight is 298 g/mol. The molecule has 116 valence electrons. The number of ether oxygens (including phenoxy) is 1. The molecule has 2 N–H and O–H groups in total. The minimum Gasteiger partial charge on any atom is -0.496 e. The number of aliphatic hydroxyl groups is 1. The third kappa shape index (κ3) is 2.31. The van der Waals surface area contributed by atoms with E-state index in [0.717, 1.165) is 47.5 Å². The van der Waals surface area contributed by atoms with Gasteiger partial charge in [0, 0.05) is 28.9 Å². The fourth-order valence-corrected chi connectivity index (χ4v) is 3.42. The largest absolute Gasteiger partial charge is 0.496 e. The van der Waals surface area contributed by atoms with E-state index in [0.29, 0.717) is 0 Å². The molecule has 0 atom stereocenters. The van der Waals surface area contributed by atoms with Crippen LogP contribution in [0.15, 0.2) is 12.1 Å². The zero-order valence-corrected chi connectivity index (χ0v) is 13.0. The Labute approximate surface area is 130 Å². The Morgan fingerprint density at radius 1 is 1.32 bits per heavy atom. The Morgan fingerprint density at radius 3 is 2.91 bits per heavy atom. The summed E-state index contributed by atoms with van der Waals surface area (Å²) in [7, 11) is 1.65. The number of aromatic nitrogens is 1. The first-order valence-electron chi connectivity index (χ1n) is 8.17. The Morgan fingerprint density at radius 2 is 2.18 bits per heavy atom. The number of anilines is 1. The van der Waals surface area contributed by atoms with Crippen LogP contribution >= 0.6 is 0 Å². The van der Waals surface area contributed by atoms with E-state index in [9.17, 15) is 5.11 Å². The molecular formula is C18H22N2O2. The summed E-state index contributed by atoms with van der Waals surface area (Å²) in [6, 6.07) is 4.00. The van der Waals surface area contributed by atoms with Crippen molar-refractivity contribution in [2.24, 2.45) is 5.92 Å². The predicted molar refractivity (Wildman–Crippen MR) is 87.5 cm³/mol. The lowest BCUT2D eigenvalue weighted by Crippen LogP contribution is -2.08. The van der Waals surface area contributed by atoms with Crippen molar-refractivity contribution in [3.8, 4) is 5.75 Å². The Bertz CT molecular complexity index is 723. The summed E-state index contributed by atoms with van der Waals surface area (Å²) in [5, 5.41) is 14.3. The van der Waals surface area contributed by atoms with Gasteiger partial charge in [0.2, 0.25) is 0 Å². The Kier molecular flexibility index (Phi) is 3.41. The third-order valence-electron chi connectivity index (χ3n) is 4.85. The van der Waals surface area contributed by atoms with Crippen LogP contribution in [0.5, 0.6) is 5.75 Å². The number of fused-ring (bicyclic) bond motifs is 2. The maximum Gasteiger partial charge on any atom is 0.125 e. The molecular weight excluding hydrogens is 276 g/mol.